The van der Waals surface area contributed by atoms with E-state index in [9.17, 15) is 0 Å². The molecule has 0 amide bonds. The normalized spacial score (nSPS) is 10.6. The number of hydrogen-bond donors (Lipinski definition) is 1. The summed E-state index contributed by atoms with van der Waals surface area (Å²) in [5.74, 6) is 1.06. The smallest absolute Gasteiger partial charge is 0.195 e. The van der Waals surface area contributed by atoms with E-state index in [0.717, 1.165) is 18.8 Å². The predicted molar refractivity (Wildman–Crippen MR) is 74.7 cm³/mol. The van der Waals surface area contributed by atoms with E-state index in [1.54, 1.807) is 0 Å². The Bertz CT molecular complexity index is 378. The Morgan fingerprint density at radius 3 is 2.71 bits per heavy atom. The van der Waals surface area contributed by atoms with E-state index < -0.39 is 0 Å². The van der Waals surface area contributed by atoms with Gasteiger partial charge in [0.05, 0.1) is 0 Å². The molecule has 3 nitrogen and oxygen atoms in total. The van der Waals surface area contributed by atoms with Crippen molar-refractivity contribution in [2.75, 3.05) is 0 Å². The Labute approximate surface area is 109 Å². The van der Waals surface area contributed by atoms with Gasteiger partial charge in [-0.15, -0.1) is 6.58 Å². The maximum Gasteiger partial charge on any atom is 0.195 e. The number of aryl methyl sites for hydroxylation is 1. The van der Waals surface area contributed by atoms with Crippen LogP contribution in [0.25, 0.3) is 0 Å². The van der Waals surface area contributed by atoms with E-state index >= 15 is 0 Å². The highest BCUT2D eigenvalue weighted by Gasteiger charge is 2.03. The van der Waals surface area contributed by atoms with Gasteiger partial charge in [-0.1, -0.05) is 45.1 Å². The van der Waals surface area contributed by atoms with Crippen molar-refractivity contribution in [3.05, 3.63) is 23.3 Å². The molecule has 1 heterocycles. The first kappa shape index (κ1) is 14.2. The third kappa shape index (κ3) is 4.86. The average Bonchev–Trinajstić information content (AvgIpc) is 2.66. The molecule has 0 bridgehead atoms. The van der Waals surface area contributed by atoms with Crippen LogP contribution in [0.1, 0.15) is 51.3 Å². The lowest BCUT2D eigenvalue weighted by atomic mass is 10.1. The van der Waals surface area contributed by atoms with Crippen LogP contribution in [0.3, 0.4) is 0 Å². The fraction of sp³-hybridized carbons (Fsp3) is 0.692. The van der Waals surface area contributed by atoms with Gasteiger partial charge in [-0.25, -0.2) is 0 Å². The molecular formula is C13H23N3S. The third-order valence-corrected chi connectivity index (χ3v) is 3.21. The maximum absolute atomic E-state index is 5.17. The van der Waals surface area contributed by atoms with Crippen LogP contribution >= 0.6 is 12.2 Å². The van der Waals surface area contributed by atoms with Crippen LogP contribution in [0.5, 0.6) is 0 Å². The van der Waals surface area contributed by atoms with E-state index in [1.807, 2.05) is 10.6 Å². The predicted octanol–water partition coefficient (Wildman–Crippen LogP) is 4.03. The molecule has 0 radical (unpaired) electrons. The first-order valence-corrected chi connectivity index (χ1v) is 6.95. The Morgan fingerprint density at radius 1 is 1.29 bits per heavy atom. The van der Waals surface area contributed by atoms with Gasteiger partial charge in [-0.2, -0.15) is 5.10 Å². The second-order valence-electron chi connectivity index (χ2n) is 4.36. The van der Waals surface area contributed by atoms with Crippen LogP contribution in [0.2, 0.25) is 0 Å². The largest absolute Gasteiger partial charge is 0.300 e. The van der Waals surface area contributed by atoms with Gasteiger partial charge in [-0.3, -0.25) is 5.10 Å². The lowest BCUT2D eigenvalue weighted by Gasteiger charge is -2.03. The molecule has 1 aromatic rings. The SMILES string of the molecule is C=CCn1c(CCCCCCCC)n[nH]c1=S. The number of hydrogen-bond acceptors (Lipinski definition) is 2. The molecule has 1 aromatic heterocycles. The molecule has 17 heavy (non-hydrogen) atoms. The number of allylic oxidation sites excluding steroid dienone is 1. The van der Waals surface area contributed by atoms with Crippen molar-refractivity contribution in [2.45, 2.75) is 58.4 Å². The zero-order chi connectivity index (χ0) is 12.5. The number of rotatable bonds is 9. The molecule has 0 atom stereocenters. The topological polar surface area (TPSA) is 33.6 Å². The zero-order valence-corrected chi connectivity index (χ0v) is 11.6. The summed E-state index contributed by atoms with van der Waals surface area (Å²) in [6.45, 7) is 6.73. The van der Waals surface area contributed by atoms with E-state index in [4.69, 9.17) is 12.2 Å². The van der Waals surface area contributed by atoms with E-state index in [-0.39, 0.29) is 0 Å². The van der Waals surface area contributed by atoms with Crippen molar-refractivity contribution in [1.29, 1.82) is 0 Å². The third-order valence-electron chi connectivity index (χ3n) is 2.90. The fourth-order valence-corrected chi connectivity index (χ4v) is 2.15. The Morgan fingerprint density at radius 2 is 2.00 bits per heavy atom. The molecule has 0 spiro atoms. The average molecular weight is 253 g/mol. The molecule has 0 saturated heterocycles. The Balaban J connectivity index is 2.31. The Hall–Kier alpha value is -0.900. The van der Waals surface area contributed by atoms with Gasteiger partial charge in [-0.05, 0) is 18.6 Å². The van der Waals surface area contributed by atoms with Crippen molar-refractivity contribution < 1.29 is 0 Å². The summed E-state index contributed by atoms with van der Waals surface area (Å²) in [7, 11) is 0. The summed E-state index contributed by atoms with van der Waals surface area (Å²) in [6.07, 6.45) is 10.7. The van der Waals surface area contributed by atoms with Crippen LogP contribution in [0.4, 0.5) is 0 Å². The summed E-state index contributed by atoms with van der Waals surface area (Å²) >= 11 is 5.17. The summed E-state index contributed by atoms with van der Waals surface area (Å²) in [6, 6.07) is 0. The van der Waals surface area contributed by atoms with Crippen LogP contribution in [0, 0.1) is 4.77 Å². The lowest BCUT2D eigenvalue weighted by Crippen LogP contribution is -2.02. The van der Waals surface area contributed by atoms with Crippen LogP contribution < -0.4 is 0 Å². The van der Waals surface area contributed by atoms with Crippen molar-refractivity contribution in [2.24, 2.45) is 0 Å². The minimum atomic E-state index is 0.700. The van der Waals surface area contributed by atoms with Crippen molar-refractivity contribution >= 4 is 12.2 Å². The minimum absolute atomic E-state index is 0.700. The maximum atomic E-state index is 5.17. The molecule has 96 valence electrons. The summed E-state index contributed by atoms with van der Waals surface area (Å²) in [5, 5.41) is 7.12. The number of aromatic nitrogens is 3. The van der Waals surface area contributed by atoms with Gasteiger partial charge in [0.2, 0.25) is 0 Å². The molecule has 0 unspecified atom stereocenters. The highest BCUT2D eigenvalue weighted by molar-refractivity contribution is 7.71. The number of nitrogens with one attached hydrogen (secondary N) is 1. The minimum Gasteiger partial charge on any atom is -0.300 e. The van der Waals surface area contributed by atoms with Crippen molar-refractivity contribution in [1.82, 2.24) is 14.8 Å². The Kier molecular flexibility index (Phi) is 6.86. The zero-order valence-electron chi connectivity index (χ0n) is 10.7. The molecule has 4 heteroatoms. The molecule has 0 fully saturated rings. The van der Waals surface area contributed by atoms with Crippen molar-refractivity contribution in [3.63, 3.8) is 0 Å². The molecule has 0 saturated carbocycles. The van der Waals surface area contributed by atoms with Crippen LogP contribution in [0.15, 0.2) is 12.7 Å². The van der Waals surface area contributed by atoms with Gasteiger partial charge >= 0.3 is 0 Å². The molecule has 1 rings (SSSR count). The molecule has 0 aliphatic heterocycles. The van der Waals surface area contributed by atoms with Gasteiger partial charge < -0.3 is 4.57 Å². The lowest BCUT2D eigenvalue weighted by molar-refractivity contribution is 0.590. The second-order valence-corrected chi connectivity index (χ2v) is 4.75. The summed E-state index contributed by atoms with van der Waals surface area (Å²) in [5.41, 5.74) is 0. The van der Waals surface area contributed by atoms with Crippen molar-refractivity contribution in [3.8, 4) is 0 Å². The molecule has 0 aliphatic rings. The van der Waals surface area contributed by atoms with Gasteiger partial charge in [0.25, 0.3) is 0 Å². The van der Waals surface area contributed by atoms with E-state index in [1.165, 1.54) is 38.5 Å². The van der Waals surface area contributed by atoms with Gasteiger partial charge in [0.15, 0.2) is 4.77 Å². The standard InChI is InChI=1S/C13H23N3S/c1-3-5-6-7-8-9-10-12-14-15-13(17)16(12)11-4-2/h4H,2-3,5-11H2,1H3,(H,15,17). The highest BCUT2D eigenvalue weighted by atomic mass is 32.1. The van der Waals surface area contributed by atoms with E-state index in [2.05, 4.69) is 23.7 Å². The van der Waals surface area contributed by atoms with Crippen LogP contribution in [-0.4, -0.2) is 14.8 Å². The van der Waals surface area contributed by atoms with E-state index in [0.29, 0.717) is 4.77 Å². The first-order chi connectivity index (χ1) is 8.29. The molecule has 0 aliphatic carbocycles. The molecule has 1 N–H and O–H groups in total. The monoisotopic (exact) mass is 253 g/mol. The molecule has 0 aromatic carbocycles. The summed E-state index contributed by atoms with van der Waals surface area (Å²) in [4.78, 5) is 0. The molecular weight excluding hydrogens is 230 g/mol. The second kappa shape index (κ2) is 8.23. The quantitative estimate of drug-likeness (QED) is 0.409. The van der Waals surface area contributed by atoms with Crippen LogP contribution in [-0.2, 0) is 13.0 Å². The van der Waals surface area contributed by atoms with Gasteiger partial charge in [0.1, 0.15) is 5.82 Å². The first-order valence-electron chi connectivity index (χ1n) is 6.54. The number of unbranched alkanes of at least 4 members (excludes halogenated alkanes) is 5. The number of aromatic amines is 1. The summed E-state index contributed by atoms with van der Waals surface area (Å²) < 4.78 is 2.72. The van der Waals surface area contributed by atoms with Gasteiger partial charge in [0, 0.05) is 13.0 Å². The fourth-order valence-electron chi connectivity index (χ4n) is 1.92. The number of nitrogens with zero attached hydrogens (tertiary/aromatic N) is 2. The highest BCUT2D eigenvalue weighted by Crippen LogP contribution is 2.09. The number of H-pyrrole nitrogens is 1.